The second-order valence-corrected chi connectivity index (χ2v) is 6.05. The van der Waals surface area contributed by atoms with Crippen LogP contribution < -0.4 is 0 Å². The minimum Gasteiger partial charge on any atom is -0.227 e. The van der Waals surface area contributed by atoms with Crippen LogP contribution in [0, 0.1) is 22.2 Å². The van der Waals surface area contributed by atoms with Gasteiger partial charge in [0.05, 0.1) is 11.4 Å². The summed E-state index contributed by atoms with van der Waals surface area (Å²) in [6.45, 7) is 7.97. The highest BCUT2D eigenvalue weighted by atomic mass is 32.2. The number of nitrogens with zero attached hydrogens (tertiary/aromatic N) is 3. The molecule has 0 aromatic rings. The molecular formula is C9H15N3OS. The van der Waals surface area contributed by atoms with Crippen molar-refractivity contribution >= 4 is 11.8 Å². The fourth-order valence-electron chi connectivity index (χ4n) is 1.70. The van der Waals surface area contributed by atoms with Crippen LogP contribution in [-0.2, 0) is 0 Å². The number of hydrogen-bond acceptors (Lipinski definition) is 4. The van der Waals surface area contributed by atoms with Crippen molar-refractivity contribution in [1.82, 2.24) is 5.01 Å². The molecule has 4 nitrogen and oxygen atoms in total. The van der Waals surface area contributed by atoms with Gasteiger partial charge in [0.25, 0.3) is 0 Å². The summed E-state index contributed by atoms with van der Waals surface area (Å²) in [5.41, 5.74) is 0. The van der Waals surface area contributed by atoms with Crippen LogP contribution in [0.3, 0.4) is 0 Å². The van der Waals surface area contributed by atoms with E-state index in [4.69, 9.17) is 5.26 Å². The second-order valence-electron chi connectivity index (χ2n) is 4.27. The molecule has 2 atom stereocenters. The molecule has 0 aliphatic carbocycles. The summed E-state index contributed by atoms with van der Waals surface area (Å²) in [6.07, 6.45) is 0. The van der Waals surface area contributed by atoms with E-state index < -0.39 is 6.04 Å². The standard InChI is InChI=1S/C9H15N3OS/c1-6(2)8-7(5-10)12(11-13)9(3,4)14-8/h6-8H,1-4H3. The Morgan fingerprint density at radius 3 is 2.50 bits per heavy atom. The highest BCUT2D eigenvalue weighted by molar-refractivity contribution is 8.01. The van der Waals surface area contributed by atoms with E-state index in [0.717, 1.165) is 0 Å². The SMILES string of the molecule is CC(C)C1SC(C)(C)N(N=O)C1C#N. The molecule has 2 unspecified atom stereocenters. The maximum atomic E-state index is 10.7. The summed E-state index contributed by atoms with van der Waals surface area (Å²) in [6, 6.07) is 1.77. The van der Waals surface area contributed by atoms with Crippen LogP contribution in [-0.4, -0.2) is 21.2 Å². The van der Waals surface area contributed by atoms with Crippen LogP contribution in [0.4, 0.5) is 0 Å². The van der Waals surface area contributed by atoms with E-state index in [9.17, 15) is 4.91 Å². The molecule has 78 valence electrons. The van der Waals surface area contributed by atoms with Crippen LogP contribution in [0.15, 0.2) is 5.29 Å². The molecule has 1 fully saturated rings. The van der Waals surface area contributed by atoms with Crippen molar-refractivity contribution in [2.24, 2.45) is 11.2 Å². The second kappa shape index (κ2) is 3.77. The quantitative estimate of drug-likeness (QED) is 0.661. The third-order valence-corrected chi connectivity index (χ3v) is 4.27. The van der Waals surface area contributed by atoms with E-state index in [1.807, 2.05) is 13.8 Å². The van der Waals surface area contributed by atoms with Crippen LogP contribution in [0.5, 0.6) is 0 Å². The number of nitroso groups, excluding NO2 is 1. The predicted octanol–water partition coefficient (Wildman–Crippen LogP) is 2.37. The van der Waals surface area contributed by atoms with Gasteiger partial charge in [0.1, 0.15) is 4.87 Å². The number of nitriles is 1. The zero-order valence-corrected chi connectivity index (χ0v) is 9.71. The predicted molar refractivity (Wildman–Crippen MR) is 57.3 cm³/mol. The third-order valence-electron chi connectivity index (χ3n) is 2.43. The fraction of sp³-hybridized carbons (Fsp3) is 0.889. The molecule has 0 aromatic carbocycles. The van der Waals surface area contributed by atoms with Gasteiger partial charge in [-0.1, -0.05) is 13.8 Å². The van der Waals surface area contributed by atoms with Gasteiger partial charge in [-0.15, -0.1) is 16.7 Å². The van der Waals surface area contributed by atoms with E-state index in [1.54, 1.807) is 11.8 Å². The molecule has 14 heavy (non-hydrogen) atoms. The average molecular weight is 213 g/mol. The molecule has 1 aliphatic heterocycles. The van der Waals surface area contributed by atoms with Crippen LogP contribution in [0.25, 0.3) is 0 Å². The van der Waals surface area contributed by atoms with E-state index in [0.29, 0.717) is 5.92 Å². The van der Waals surface area contributed by atoms with E-state index in [1.165, 1.54) is 5.01 Å². The number of thioether (sulfide) groups is 1. The molecular weight excluding hydrogens is 198 g/mol. The van der Waals surface area contributed by atoms with Crippen molar-refractivity contribution in [1.29, 1.82) is 5.26 Å². The smallest absolute Gasteiger partial charge is 0.150 e. The Labute approximate surface area is 88.6 Å². The first kappa shape index (κ1) is 11.3. The summed E-state index contributed by atoms with van der Waals surface area (Å²) in [5, 5.41) is 13.5. The summed E-state index contributed by atoms with van der Waals surface area (Å²) in [5.74, 6) is 0.371. The Kier molecular flexibility index (Phi) is 3.05. The van der Waals surface area contributed by atoms with E-state index >= 15 is 0 Å². The lowest BCUT2D eigenvalue weighted by Crippen LogP contribution is -2.39. The van der Waals surface area contributed by atoms with Gasteiger partial charge in [-0.3, -0.25) is 0 Å². The molecule has 1 saturated heterocycles. The molecule has 0 bridgehead atoms. The van der Waals surface area contributed by atoms with E-state index in [2.05, 4.69) is 25.2 Å². The Hall–Kier alpha value is -0.760. The molecule has 0 spiro atoms. The molecule has 0 saturated carbocycles. The first-order chi connectivity index (χ1) is 6.44. The summed E-state index contributed by atoms with van der Waals surface area (Å²) >= 11 is 1.65. The van der Waals surface area contributed by atoms with Gasteiger partial charge in [-0.25, -0.2) is 5.01 Å². The Morgan fingerprint density at radius 1 is 1.57 bits per heavy atom. The molecule has 0 radical (unpaired) electrons. The van der Waals surface area contributed by atoms with Crippen molar-refractivity contribution in [3.05, 3.63) is 4.91 Å². The molecule has 1 aliphatic rings. The average Bonchev–Trinajstić information content (AvgIpc) is 2.35. The molecule has 0 N–H and O–H groups in total. The van der Waals surface area contributed by atoms with Gasteiger partial charge in [0.2, 0.25) is 0 Å². The topological polar surface area (TPSA) is 56.5 Å². The van der Waals surface area contributed by atoms with Crippen molar-refractivity contribution in [2.45, 2.75) is 43.9 Å². The summed E-state index contributed by atoms with van der Waals surface area (Å²) in [4.78, 5) is 10.3. The Morgan fingerprint density at radius 2 is 2.14 bits per heavy atom. The summed E-state index contributed by atoms with van der Waals surface area (Å²) in [7, 11) is 0. The highest BCUT2D eigenvalue weighted by Gasteiger charge is 2.49. The monoisotopic (exact) mass is 213 g/mol. The molecule has 1 heterocycles. The minimum atomic E-state index is -0.396. The molecule has 1 rings (SSSR count). The Balaban J connectivity index is 2.97. The first-order valence-electron chi connectivity index (χ1n) is 4.64. The van der Waals surface area contributed by atoms with Crippen LogP contribution in [0.1, 0.15) is 27.7 Å². The Bertz CT molecular complexity index is 272. The highest BCUT2D eigenvalue weighted by Crippen LogP contribution is 2.46. The fourth-order valence-corrected chi connectivity index (χ4v) is 3.20. The van der Waals surface area contributed by atoms with Gasteiger partial charge in [-0.05, 0) is 19.8 Å². The lowest BCUT2D eigenvalue weighted by Gasteiger charge is -2.25. The first-order valence-corrected chi connectivity index (χ1v) is 5.52. The molecule has 0 amide bonds. The molecule has 0 aromatic heterocycles. The summed E-state index contributed by atoms with van der Waals surface area (Å²) < 4.78 is 0. The van der Waals surface area contributed by atoms with Crippen molar-refractivity contribution in [3.63, 3.8) is 0 Å². The van der Waals surface area contributed by atoms with Gasteiger partial charge in [0, 0.05) is 5.25 Å². The third kappa shape index (κ3) is 1.71. The largest absolute Gasteiger partial charge is 0.227 e. The van der Waals surface area contributed by atoms with Crippen molar-refractivity contribution in [2.75, 3.05) is 0 Å². The van der Waals surface area contributed by atoms with Gasteiger partial charge in [0.15, 0.2) is 6.04 Å². The van der Waals surface area contributed by atoms with Gasteiger partial charge >= 0.3 is 0 Å². The van der Waals surface area contributed by atoms with Crippen molar-refractivity contribution < 1.29 is 0 Å². The lowest BCUT2D eigenvalue weighted by molar-refractivity contribution is 0.179. The zero-order chi connectivity index (χ0) is 10.9. The van der Waals surface area contributed by atoms with Gasteiger partial charge < -0.3 is 0 Å². The maximum absolute atomic E-state index is 10.7. The van der Waals surface area contributed by atoms with Crippen LogP contribution >= 0.6 is 11.8 Å². The molecule has 5 heteroatoms. The van der Waals surface area contributed by atoms with E-state index in [-0.39, 0.29) is 10.1 Å². The lowest BCUT2D eigenvalue weighted by atomic mass is 10.0. The van der Waals surface area contributed by atoms with Crippen LogP contribution in [0.2, 0.25) is 0 Å². The minimum absolute atomic E-state index is 0.160. The number of hydrogen-bond donors (Lipinski definition) is 0. The zero-order valence-electron chi connectivity index (χ0n) is 8.89. The van der Waals surface area contributed by atoms with Gasteiger partial charge in [-0.2, -0.15) is 5.26 Å². The normalized spacial score (nSPS) is 30.4. The maximum Gasteiger partial charge on any atom is 0.150 e. The van der Waals surface area contributed by atoms with Crippen molar-refractivity contribution in [3.8, 4) is 6.07 Å². The number of rotatable bonds is 2.